The summed E-state index contributed by atoms with van der Waals surface area (Å²) in [5.74, 6) is -0.131. The molecular weight excluding hydrogens is 546 g/mol. The van der Waals surface area contributed by atoms with E-state index in [2.05, 4.69) is 5.32 Å². The van der Waals surface area contributed by atoms with Gasteiger partial charge in [0.05, 0.1) is 23.0 Å². The average Bonchev–Trinajstić information content (AvgIpc) is 3.17. The molecule has 200 valence electrons. The number of amides is 3. The van der Waals surface area contributed by atoms with Gasteiger partial charge in [-0.25, -0.2) is 0 Å². The molecule has 3 aromatic rings. The normalized spacial score (nSPS) is 14.0. The number of benzene rings is 3. The summed E-state index contributed by atoms with van der Waals surface area (Å²) in [4.78, 5) is 49.4. The fourth-order valence-electron chi connectivity index (χ4n) is 3.57. The van der Waals surface area contributed by atoms with E-state index in [9.17, 15) is 24.5 Å². The molecule has 0 bridgehead atoms. The van der Waals surface area contributed by atoms with Gasteiger partial charge in [-0.2, -0.15) is 0 Å². The van der Waals surface area contributed by atoms with Gasteiger partial charge in [0.1, 0.15) is 0 Å². The van der Waals surface area contributed by atoms with E-state index < -0.39 is 16.1 Å². The number of rotatable bonds is 10. The van der Waals surface area contributed by atoms with Gasteiger partial charge in [-0.1, -0.05) is 29.8 Å². The van der Waals surface area contributed by atoms with Crippen LogP contribution >= 0.6 is 23.4 Å². The SMILES string of the molecule is CCOc1cc(/C=C2\SC(=O)N(Cc3ccc([N+](=O)[O-])cc3)C2=O)ccc1OCC(=O)Nc1ccc(Cl)cc1. The molecule has 1 aliphatic heterocycles. The van der Waals surface area contributed by atoms with Crippen LogP contribution in [0.1, 0.15) is 18.1 Å². The number of nitro groups is 1. The van der Waals surface area contributed by atoms with E-state index >= 15 is 0 Å². The number of nitrogens with zero attached hydrogens (tertiary/aromatic N) is 2. The number of thioether (sulfide) groups is 1. The van der Waals surface area contributed by atoms with Crippen LogP contribution in [-0.2, 0) is 16.1 Å². The molecule has 3 amide bonds. The molecule has 0 spiro atoms. The number of halogens is 1. The Morgan fingerprint density at radius 3 is 2.44 bits per heavy atom. The first kappa shape index (κ1) is 27.7. The number of imide groups is 1. The molecule has 1 fully saturated rings. The van der Waals surface area contributed by atoms with Gasteiger partial charge in [-0.3, -0.25) is 29.4 Å². The first-order valence-corrected chi connectivity index (χ1v) is 12.9. The molecule has 1 aliphatic rings. The summed E-state index contributed by atoms with van der Waals surface area (Å²) in [7, 11) is 0. The van der Waals surface area contributed by atoms with Gasteiger partial charge in [-0.05, 0) is 72.3 Å². The minimum Gasteiger partial charge on any atom is -0.490 e. The minimum absolute atomic E-state index is 0.00490. The molecule has 39 heavy (non-hydrogen) atoms. The molecule has 12 heteroatoms. The Kier molecular flexibility index (Phi) is 8.84. The third kappa shape index (κ3) is 7.15. The van der Waals surface area contributed by atoms with E-state index in [1.807, 2.05) is 0 Å². The van der Waals surface area contributed by atoms with Crippen molar-refractivity contribution in [2.75, 3.05) is 18.5 Å². The van der Waals surface area contributed by atoms with Crippen molar-refractivity contribution >= 4 is 57.9 Å². The Morgan fingerprint density at radius 2 is 1.77 bits per heavy atom. The van der Waals surface area contributed by atoms with Crippen LogP contribution < -0.4 is 14.8 Å². The first-order valence-electron chi connectivity index (χ1n) is 11.7. The Bertz CT molecular complexity index is 1440. The molecule has 0 unspecified atom stereocenters. The van der Waals surface area contributed by atoms with Crippen LogP contribution in [0.5, 0.6) is 11.5 Å². The molecule has 4 rings (SSSR count). The van der Waals surface area contributed by atoms with Crippen molar-refractivity contribution in [2.45, 2.75) is 13.5 Å². The molecular formula is C27H22ClN3O7S. The van der Waals surface area contributed by atoms with Crippen molar-refractivity contribution in [1.82, 2.24) is 4.90 Å². The first-order chi connectivity index (χ1) is 18.7. The Morgan fingerprint density at radius 1 is 1.05 bits per heavy atom. The van der Waals surface area contributed by atoms with Crippen LogP contribution in [0.4, 0.5) is 16.2 Å². The molecule has 0 saturated carbocycles. The molecule has 1 N–H and O–H groups in total. The summed E-state index contributed by atoms with van der Waals surface area (Å²) in [6, 6.07) is 17.3. The highest BCUT2D eigenvalue weighted by atomic mass is 35.5. The maximum absolute atomic E-state index is 12.9. The quantitative estimate of drug-likeness (QED) is 0.182. The Balaban J connectivity index is 1.43. The highest BCUT2D eigenvalue weighted by Gasteiger charge is 2.35. The lowest BCUT2D eigenvalue weighted by molar-refractivity contribution is -0.384. The molecule has 10 nitrogen and oxygen atoms in total. The largest absolute Gasteiger partial charge is 0.490 e. The van der Waals surface area contributed by atoms with Crippen molar-refractivity contribution < 1.29 is 28.8 Å². The molecule has 0 aromatic heterocycles. The average molecular weight is 568 g/mol. The third-order valence-corrected chi connectivity index (χ3v) is 6.57. The number of hydrogen-bond donors (Lipinski definition) is 1. The standard InChI is InChI=1S/C27H22ClN3O7S/c1-2-37-23-13-18(5-12-22(23)38-16-25(32)29-20-8-6-19(28)7-9-20)14-24-26(33)30(27(34)39-24)15-17-3-10-21(11-4-17)31(35)36/h3-14H,2,15-16H2,1H3,(H,29,32)/b24-14-. The van der Waals surface area contributed by atoms with Gasteiger partial charge >= 0.3 is 0 Å². The number of anilines is 1. The summed E-state index contributed by atoms with van der Waals surface area (Å²) in [5, 5.41) is 13.7. The summed E-state index contributed by atoms with van der Waals surface area (Å²) < 4.78 is 11.3. The van der Waals surface area contributed by atoms with Crippen molar-refractivity contribution in [3.63, 3.8) is 0 Å². The highest BCUT2D eigenvalue weighted by Crippen LogP contribution is 2.35. The van der Waals surface area contributed by atoms with E-state index in [0.29, 0.717) is 39.9 Å². The smallest absolute Gasteiger partial charge is 0.293 e. The number of nitrogens with one attached hydrogen (secondary N) is 1. The van der Waals surface area contributed by atoms with Gasteiger partial charge in [-0.15, -0.1) is 0 Å². The predicted molar refractivity (Wildman–Crippen MR) is 148 cm³/mol. The Labute approximate surface area is 232 Å². The molecule has 3 aromatic carbocycles. The zero-order valence-electron chi connectivity index (χ0n) is 20.6. The van der Waals surface area contributed by atoms with E-state index in [1.54, 1.807) is 55.5 Å². The summed E-state index contributed by atoms with van der Waals surface area (Å²) in [6.45, 7) is 1.87. The van der Waals surface area contributed by atoms with Gasteiger partial charge in [0.2, 0.25) is 0 Å². The number of non-ortho nitro benzene ring substituents is 1. The highest BCUT2D eigenvalue weighted by molar-refractivity contribution is 8.18. The van der Waals surface area contributed by atoms with Crippen LogP contribution in [-0.4, -0.2) is 40.1 Å². The van der Waals surface area contributed by atoms with Crippen LogP contribution in [0.15, 0.2) is 71.6 Å². The second-order valence-electron chi connectivity index (χ2n) is 8.17. The lowest BCUT2D eigenvalue weighted by Crippen LogP contribution is -2.27. The van der Waals surface area contributed by atoms with E-state index in [4.69, 9.17) is 21.1 Å². The van der Waals surface area contributed by atoms with Crippen molar-refractivity contribution in [3.05, 3.63) is 97.9 Å². The predicted octanol–water partition coefficient (Wildman–Crippen LogP) is 5.90. The van der Waals surface area contributed by atoms with Crippen molar-refractivity contribution in [3.8, 4) is 11.5 Å². The lowest BCUT2D eigenvalue weighted by atomic mass is 10.1. The summed E-state index contributed by atoms with van der Waals surface area (Å²) >= 11 is 6.66. The molecule has 1 heterocycles. The number of hydrogen-bond acceptors (Lipinski definition) is 8. The maximum atomic E-state index is 12.9. The lowest BCUT2D eigenvalue weighted by Gasteiger charge is -2.13. The van der Waals surface area contributed by atoms with Gasteiger partial charge < -0.3 is 14.8 Å². The monoisotopic (exact) mass is 567 g/mol. The number of carbonyl (C=O) groups is 3. The van der Waals surface area contributed by atoms with Crippen LogP contribution in [0, 0.1) is 10.1 Å². The van der Waals surface area contributed by atoms with Crippen LogP contribution in [0.25, 0.3) is 6.08 Å². The zero-order chi connectivity index (χ0) is 27.9. The van der Waals surface area contributed by atoms with Gasteiger partial charge in [0.25, 0.3) is 22.7 Å². The molecule has 0 aliphatic carbocycles. The topological polar surface area (TPSA) is 128 Å². The third-order valence-electron chi connectivity index (χ3n) is 5.41. The molecule has 0 atom stereocenters. The fraction of sp³-hybridized carbons (Fsp3) is 0.148. The summed E-state index contributed by atoms with van der Waals surface area (Å²) in [5.41, 5.74) is 1.69. The number of nitro benzene ring substituents is 1. The van der Waals surface area contributed by atoms with Crippen LogP contribution in [0.3, 0.4) is 0 Å². The van der Waals surface area contributed by atoms with E-state index in [-0.39, 0.29) is 29.7 Å². The molecule has 0 radical (unpaired) electrons. The van der Waals surface area contributed by atoms with Crippen molar-refractivity contribution in [1.29, 1.82) is 0 Å². The van der Waals surface area contributed by atoms with E-state index in [0.717, 1.165) is 16.7 Å². The van der Waals surface area contributed by atoms with Crippen molar-refractivity contribution in [2.24, 2.45) is 0 Å². The van der Waals surface area contributed by atoms with E-state index in [1.165, 1.54) is 24.3 Å². The Hall–Kier alpha value is -4.35. The zero-order valence-corrected chi connectivity index (χ0v) is 22.2. The maximum Gasteiger partial charge on any atom is 0.293 e. The van der Waals surface area contributed by atoms with Gasteiger partial charge in [0.15, 0.2) is 18.1 Å². The number of ether oxygens (including phenoxy) is 2. The number of carbonyl (C=O) groups excluding carboxylic acids is 3. The molecule has 1 saturated heterocycles. The van der Waals surface area contributed by atoms with Crippen LogP contribution in [0.2, 0.25) is 5.02 Å². The van der Waals surface area contributed by atoms with Gasteiger partial charge in [0, 0.05) is 22.8 Å². The second kappa shape index (κ2) is 12.5. The second-order valence-corrected chi connectivity index (χ2v) is 9.60. The fourth-order valence-corrected chi connectivity index (χ4v) is 4.53. The minimum atomic E-state index is -0.518. The summed E-state index contributed by atoms with van der Waals surface area (Å²) in [6.07, 6.45) is 1.57.